The van der Waals surface area contributed by atoms with Crippen molar-refractivity contribution in [3.63, 3.8) is 0 Å². The van der Waals surface area contributed by atoms with Gasteiger partial charge in [0.2, 0.25) is 0 Å². The van der Waals surface area contributed by atoms with Crippen molar-refractivity contribution in [1.82, 2.24) is 4.90 Å². The molecule has 5 nitrogen and oxygen atoms in total. The van der Waals surface area contributed by atoms with E-state index in [1.165, 1.54) is 6.07 Å². The van der Waals surface area contributed by atoms with Crippen molar-refractivity contribution >= 4 is 11.5 Å². The summed E-state index contributed by atoms with van der Waals surface area (Å²) in [5.74, 6) is -0.678. The smallest absolute Gasteiger partial charge is 0.175 e. The van der Waals surface area contributed by atoms with Crippen LogP contribution in [-0.4, -0.2) is 49.2 Å². The summed E-state index contributed by atoms with van der Waals surface area (Å²) in [5.41, 5.74) is 6.42. The Morgan fingerprint density at radius 2 is 2.30 bits per heavy atom. The van der Waals surface area contributed by atoms with Crippen LogP contribution in [0.4, 0.5) is 10.1 Å². The molecule has 1 heterocycles. The average molecular weight is 280 g/mol. The number of likely N-dealkylation sites (N-methyl/N-ethyl adjacent to an activating group) is 2. The van der Waals surface area contributed by atoms with Gasteiger partial charge in [0.1, 0.15) is 5.82 Å². The maximum atomic E-state index is 14.0. The highest BCUT2D eigenvalue weighted by Gasteiger charge is 2.24. The number of nitrogens with two attached hydrogens (primary N) is 1. The minimum Gasteiger partial charge on any atom is -0.409 e. The first-order valence-corrected chi connectivity index (χ1v) is 6.72. The van der Waals surface area contributed by atoms with Crippen LogP contribution in [0.2, 0.25) is 0 Å². The van der Waals surface area contributed by atoms with E-state index in [0.717, 1.165) is 25.9 Å². The first-order chi connectivity index (χ1) is 9.54. The highest BCUT2D eigenvalue weighted by atomic mass is 19.1. The molecule has 6 heteroatoms. The fourth-order valence-electron chi connectivity index (χ4n) is 2.76. The molecule has 1 fully saturated rings. The van der Waals surface area contributed by atoms with Crippen molar-refractivity contribution in [3.05, 3.63) is 29.6 Å². The molecule has 0 bridgehead atoms. The molecule has 1 aromatic rings. The molecule has 110 valence electrons. The van der Waals surface area contributed by atoms with Crippen LogP contribution in [-0.2, 0) is 0 Å². The third-order valence-corrected chi connectivity index (χ3v) is 3.88. The van der Waals surface area contributed by atoms with Crippen LogP contribution in [0.1, 0.15) is 18.4 Å². The van der Waals surface area contributed by atoms with Gasteiger partial charge in [-0.15, -0.1) is 0 Å². The molecule has 0 radical (unpaired) electrons. The van der Waals surface area contributed by atoms with Gasteiger partial charge in [0, 0.05) is 19.6 Å². The second kappa shape index (κ2) is 6.09. The molecule has 0 aliphatic carbocycles. The maximum absolute atomic E-state index is 14.0. The predicted molar refractivity (Wildman–Crippen MR) is 77.8 cm³/mol. The Hall–Kier alpha value is -1.82. The van der Waals surface area contributed by atoms with Crippen LogP contribution in [0.5, 0.6) is 0 Å². The molecular weight excluding hydrogens is 259 g/mol. The van der Waals surface area contributed by atoms with Crippen LogP contribution in [0.3, 0.4) is 0 Å². The van der Waals surface area contributed by atoms with Gasteiger partial charge in [-0.1, -0.05) is 11.2 Å². The maximum Gasteiger partial charge on any atom is 0.175 e. The Morgan fingerprint density at radius 3 is 2.95 bits per heavy atom. The standard InChI is InChI=1S/C14H21FN4O/c1-18-8-4-5-10(9-18)19(2)12-7-3-6-11(15)13(12)14(16)17-20/h3,6-7,10,20H,4-5,8-9H2,1-2H3,(H2,16,17). The number of anilines is 1. The molecule has 1 unspecified atom stereocenters. The van der Waals surface area contributed by atoms with Crippen molar-refractivity contribution in [2.24, 2.45) is 10.9 Å². The van der Waals surface area contributed by atoms with Crippen molar-refractivity contribution < 1.29 is 9.60 Å². The zero-order chi connectivity index (χ0) is 14.7. The van der Waals surface area contributed by atoms with Crippen molar-refractivity contribution in [2.45, 2.75) is 18.9 Å². The van der Waals surface area contributed by atoms with Gasteiger partial charge in [-0.25, -0.2) is 4.39 Å². The lowest BCUT2D eigenvalue weighted by atomic mass is 10.0. The van der Waals surface area contributed by atoms with Gasteiger partial charge in [0.15, 0.2) is 5.84 Å². The summed E-state index contributed by atoms with van der Waals surface area (Å²) in [7, 11) is 4.00. The van der Waals surface area contributed by atoms with Gasteiger partial charge in [-0.3, -0.25) is 0 Å². The summed E-state index contributed by atoms with van der Waals surface area (Å²) >= 11 is 0. The summed E-state index contributed by atoms with van der Waals surface area (Å²) in [6.45, 7) is 2.00. The van der Waals surface area contributed by atoms with Crippen molar-refractivity contribution in [2.75, 3.05) is 32.1 Å². The number of amidine groups is 1. The van der Waals surface area contributed by atoms with Crippen molar-refractivity contribution in [1.29, 1.82) is 0 Å². The number of oxime groups is 1. The van der Waals surface area contributed by atoms with Crippen molar-refractivity contribution in [3.8, 4) is 0 Å². The molecule has 1 aromatic carbocycles. The Bertz CT molecular complexity index is 506. The number of benzene rings is 1. The van der Waals surface area contributed by atoms with Gasteiger partial charge >= 0.3 is 0 Å². The molecule has 0 saturated carbocycles. The van der Waals surface area contributed by atoms with E-state index in [0.29, 0.717) is 11.7 Å². The average Bonchev–Trinajstić information content (AvgIpc) is 2.45. The Morgan fingerprint density at radius 1 is 1.55 bits per heavy atom. The van der Waals surface area contributed by atoms with Gasteiger partial charge in [0.25, 0.3) is 0 Å². The second-order valence-electron chi connectivity index (χ2n) is 5.29. The first-order valence-electron chi connectivity index (χ1n) is 6.72. The fourth-order valence-corrected chi connectivity index (χ4v) is 2.76. The minimum atomic E-state index is -0.478. The van der Waals surface area contributed by atoms with E-state index >= 15 is 0 Å². The number of likely N-dealkylation sites (tertiary alicyclic amines) is 1. The Kier molecular flexibility index (Phi) is 4.44. The number of halogens is 1. The summed E-state index contributed by atoms with van der Waals surface area (Å²) in [5, 5.41) is 11.8. The predicted octanol–water partition coefficient (Wildman–Crippen LogP) is 1.45. The van der Waals surface area contributed by atoms with E-state index < -0.39 is 5.82 Å². The Labute approximate surface area is 118 Å². The largest absolute Gasteiger partial charge is 0.409 e. The second-order valence-corrected chi connectivity index (χ2v) is 5.29. The molecule has 0 spiro atoms. The molecule has 1 saturated heterocycles. The number of rotatable bonds is 3. The van der Waals surface area contributed by atoms with Gasteiger partial charge in [0.05, 0.1) is 11.3 Å². The van der Waals surface area contributed by atoms with E-state index in [4.69, 9.17) is 10.9 Å². The normalized spacial score (nSPS) is 20.9. The number of piperidine rings is 1. The third-order valence-electron chi connectivity index (χ3n) is 3.88. The number of hydrogen-bond acceptors (Lipinski definition) is 4. The van der Waals surface area contributed by atoms with Gasteiger partial charge in [-0.05, 0) is 38.6 Å². The molecule has 1 atom stereocenters. The first kappa shape index (κ1) is 14.6. The van der Waals surface area contributed by atoms with Crippen LogP contribution in [0.15, 0.2) is 23.4 Å². The third kappa shape index (κ3) is 2.85. The minimum absolute atomic E-state index is 0.158. The van der Waals surface area contributed by atoms with E-state index in [2.05, 4.69) is 17.1 Å². The summed E-state index contributed by atoms with van der Waals surface area (Å²) in [6.07, 6.45) is 2.16. The zero-order valence-electron chi connectivity index (χ0n) is 11.9. The fraction of sp³-hybridized carbons (Fsp3) is 0.500. The van der Waals surface area contributed by atoms with Gasteiger partial charge in [-0.2, -0.15) is 0 Å². The van der Waals surface area contributed by atoms with E-state index in [9.17, 15) is 4.39 Å². The molecular formula is C14H21FN4O. The van der Waals surface area contributed by atoms with E-state index in [1.807, 2.05) is 11.9 Å². The van der Waals surface area contributed by atoms with Crippen LogP contribution < -0.4 is 10.6 Å². The molecule has 0 amide bonds. The Balaban J connectivity index is 2.34. The lowest BCUT2D eigenvalue weighted by Gasteiger charge is -2.37. The molecule has 1 aliphatic rings. The monoisotopic (exact) mass is 280 g/mol. The molecule has 20 heavy (non-hydrogen) atoms. The molecule has 2 rings (SSSR count). The number of hydrogen-bond donors (Lipinski definition) is 2. The SMILES string of the molecule is CN1CCCC(N(C)c2cccc(F)c2C(N)=NO)C1. The molecule has 1 aliphatic heterocycles. The lowest BCUT2D eigenvalue weighted by Crippen LogP contribution is -2.45. The quantitative estimate of drug-likeness (QED) is 0.381. The topological polar surface area (TPSA) is 65.1 Å². The lowest BCUT2D eigenvalue weighted by molar-refractivity contribution is 0.248. The van der Waals surface area contributed by atoms with E-state index in [1.54, 1.807) is 12.1 Å². The molecule has 3 N–H and O–H groups in total. The van der Waals surface area contributed by atoms with Crippen LogP contribution in [0.25, 0.3) is 0 Å². The van der Waals surface area contributed by atoms with Crippen LogP contribution >= 0.6 is 0 Å². The zero-order valence-corrected chi connectivity index (χ0v) is 11.9. The van der Waals surface area contributed by atoms with Crippen LogP contribution in [0, 0.1) is 5.82 Å². The highest BCUT2D eigenvalue weighted by Crippen LogP contribution is 2.26. The summed E-state index contributed by atoms with van der Waals surface area (Å²) in [4.78, 5) is 4.28. The summed E-state index contributed by atoms with van der Waals surface area (Å²) < 4.78 is 14.0. The number of nitrogens with zero attached hydrogens (tertiary/aromatic N) is 3. The van der Waals surface area contributed by atoms with Gasteiger partial charge < -0.3 is 20.7 Å². The molecule has 0 aromatic heterocycles. The highest BCUT2D eigenvalue weighted by molar-refractivity contribution is 6.02. The summed E-state index contributed by atoms with van der Waals surface area (Å²) in [6, 6.07) is 5.05. The van der Waals surface area contributed by atoms with E-state index in [-0.39, 0.29) is 11.4 Å².